The third-order valence-electron chi connectivity index (χ3n) is 3.48. The zero-order valence-corrected chi connectivity index (χ0v) is 10.8. The molecule has 0 aliphatic carbocycles. The molecule has 0 saturated heterocycles. The van der Waals surface area contributed by atoms with Crippen LogP contribution in [0.15, 0.2) is 24.3 Å². The number of rotatable bonds is 2. The molecule has 0 saturated carbocycles. The number of halogens is 3. The number of nitrogens with zero attached hydrogens (tertiary/aromatic N) is 3. The molecule has 2 aromatic rings. The van der Waals surface area contributed by atoms with Crippen molar-refractivity contribution in [1.29, 1.82) is 0 Å². The van der Waals surface area contributed by atoms with Gasteiger partial charge in [-0.2, -0.15) is 18.3 Å². The van der Waals surface area contributed by atoms with Gasteiger partial charge < -0.3 is 0 Å². The second-order valence-electron chi connectivity index (χ2n) is 4.96. The maximum absolute atomic E-state index is 12.9. The van der Waals surface area contributed by atoms with Crippen molar-refractivity contribution in [2.45, 2.75) is 38.4 Å². The lowest BCUT2D eigenvalue weighted by atomic mass is 10.0. The summed E-state index contributed by atoms with van der Waals surface area (Å²) in [5.41, 5.74) is -0.379. The van der Waals surface area contributed by atoms with Crippen LogP contribution in [0.4, 0.5) is 13.2 Å². The van der Waals surface area contributed by atoms with Gasteiger partial charge in [-0.05, 0) is 24.5 Å². The summed E-state index contributed by atoms with van der Waals surface area (Å²) in [5.74, 6) is 1.36. The average Bonchev–Trinajstić information content (AvgIpc) is 2.80. The third-order valence-corrected chi connectivity index (χ3v) is 3.48. The lowest BCUT2D eigenvalue weighted by molar-refractivity contribution is -0.138. The van der Waals surface area contributed by atoms with Crippen LogP contribution < -0.4 is 0 Å². The SMILES string of the molecule is FC(F)(F)c1ccccc1Cc1nc2n(n1)CCCC2. The summed E-state index contributed by atoms with van der Waals surface area (Å²) in [6, 6.07) is 5.60. The minimum Gasteiger partial charge on any atom is -0.250 e. The summed E-state index contributed by atoms with van der Waals surface area (Å²) in [5, 5.41) is 4.31. The van der Waals surface area contributed by atoms with Crippen LogP contribution in [0.3, 0.4) is 0 Å². The van der Waals surface area contributed by atoms with Gasteiger partial charge in [0.15, 0.2) is 5.82 Å². The number of fused-ring (bicyclic) bond motifs is 1. The Morgan fingerprint density at radius 2 is 1.95 bits per heavy atom. The van der Waals surface area contributed by atoms with Crippen LogP contribution in [-0.2, 0) is 25.6 Å². The second kappa shape index (κ2) is 4.92. The van der Waals surface area contributed by atoms with E-state index in [0.717, 1.165) is 37.7 Å². The van der Waals surface area contributed by atoms with Crippen LogP contribution in [0.1, 0.15) is 35.6 Å². The number of aromatic nitrogens is 3. The summed E-state index contributed by atoms with van der Waals surface area (Å²) in [7, 11) is 0. The van der Waals surface area contributed by atoms with E-state index in [-0.39, 0.29) is 12.0 Å². The zero-order valence-electron chi connectivity index (χ0n) is 10.8. The fourth-order valence-corrected chi connectivity index (χ4v) is 2.53. The highest BCUT2D eigenvalue weighted by atomic mass is 19.4. The average molecular weight is 281 g/mol. The number of benzene rings is 1. The smallest absolute Gasteiger partial charge is 0.250 e. The van der Waals surface area contributed by atoms with Crippen LogP contribution in [0.5, 0.6) is 0 Å². The van der Waals surface area contributed by atoms with Gasteiger partial charge in [0.25, 0.3) is 0 Å². The van der Waals surface area contributed by atoms with Crippen LogP contribution in [0.2, 0.25) is 0 Å². The van der Waals surface area contributed by atoms with Crippen molar-refractivity contribution in [3.8, 4) is 0 Å². The van der Waals surface area contributed by atoms with E-state index < -0.39 is 11.7 Å². The molecular formula is C14H14F3N3. The minimum absolute atomic E-state index is 0.121. The topological polar surface area (TPSA) is 30.7 Å². The Kier molecular flexibility index (Phi) is 3.23. The van der Waals surface area contributed by atoms with Gasteiger partial charge in [0.05, 0.1) is 5.56 Å². The van der Waals surface area contributed by atoms with E-state index in [1.807, 2.05) is 4.68 Å². The van der Waals surface area contributed by atoms with Crippen molar-refractivity contribution in [1.82, 2.24) is 14.8 Å². The molecule has 1 aromatic heterocycles. The van der Waals surface area contributed by atoms with E-state index in [9.17, 15) is 13.2 Å². The summed E-state index contributed by atoms with van der Waals surface area (Å²) in [6.45, 7) is 0.809. The van der Waals surface area contributed by atoms with Crippen LogP contribution in [0.25, 0.3) is 0 Å². The predicted molar refractivity (Wildman–Crippen MR) is 67.2 cm³/mol. The zero-order chi connectivity index (χ0) is 14.2. The van der Waals surface area contributed by atoms with Gasteiger partial charge in [-0.25, -0.2) is 9.67 Å². The molecule has 1 aliphatic rings. The van der Waals surface area contributed by atoms with Crippen molar-refractivity contribution in [2.24, 2.45) is 0 Å². The first-order chi connectivity index (χ1) is 9.54. The number of hydrogen-bond donors (Lipinski definition) is 0. The molecule has 2 heterocycles. The Morgan fingerprint density at radius 3 is 2.70 bits per heavy atom. The van der Waals surface area contributed by atoms with Crippen molar-refractivity contribution in [3.63, 3.8) is 0 Å². The molecule has 0 amide bonds. The Labute approximate surface area is 114 Å². The van der Waals surface area contributed by atoms with E-state index in [1.54, 1.807) is 6.07 Å². The fourth-order valence-electron chi connectivity index (χ4n) is 2.53. The van der Waals surface area contributed by atoms with Gasteiger partial charge in [0, 0.05) is 19.4 Å². The maximum atomic E-state index is 12.9. The summed E-state index contributed by atoms with van der Waals surface area (Å²) >= 11 is 0. The van der Waals surface area contributed by atoms with Crippen molar-refractivity contribution >= 4 is 0 Å². The highest BCUT2D eigenvalue weighted by molar-refractivity contribution is 5.31. The van der Waals surface area contributed by atoms with Gasteiger partial charge >= 0.3 is 6.18 Å². The summed E-state index contributed by atoms with van der Waals surface area (Å²) in [4.78, 5) is 4.35. The largest absolute Gasteiger partial charge is 0.416 e. The van der Waals surface area contributed by atoms with Crippen LogP contribution in [0, 0.1) is 0 Å². The lowest BCUT2D eigenvalue weighted by Crippen LogP contribution is -2.11. The van der Waals surface area contributed by atoms with E-state index >= 15 is 0 Å². The minimum atomic E-state index is -4.34. The molecule has 3 nitrogen and oxygen atoms in total. The third kappa shape index (κ3) is 2.55. The Morgan fingerprint density at radius 1 is 1.15 bits per heavy atom. The van der Waals surface area contributed by atoms with Gasteiger partial charge in [-0.3, -0.25) is 0 Å². The van der Waals surface area contributed by atoms with Gasteiger partial charge in [0.2, 0.25) is 0 Å². The van der Waals surface area contributed by atoms with Gasteiger partial charge in [0.1, 0.15) is 5.82 Å². The van der Waals surface area contributed by atoms with Crippen LogP contribution in [-0.4, -0.2) is 14.8 Å². The Bertz CT molecular complexity index is 593. The molecule has 20 heavy (non-hydrogen) atoms. The number of aryl methyl sites for hydroxylation is 2. The quantitative estimate of drug-likeness (QED) is 0.846. The molecule has 106 valence electrons. The molecule has 0 spiro atoms. The molecule has 0 unspecified atom stereocenters. The first kappa shape index (κ1) is 13.1. The van der Waals surface area contributed by atoms with Gasteiger partial charge in [-0.15, -0.1) is 0 Å². The van der Waals surface area contributed by atoms with Crippen LogP contribution >= 0.6 is 0 Å². The monoisotopic (exact) mass is 281 g/mol. The molecule has 1 aromatic carbocycles. The highest BCUT2D eigenvalue weighted by Crippen LogP contribution is 2.32. The van der Waals surface area contributed by atoms with Crippen molar-refractivity contribution in [3.05, 3.63) is 47.0 Å². The molecule has 0 bridgehead atoms. The van der Waals surface area contributed by atoms with Crippen molar-refractivity contribution < 1.29 is 13.2 Å². The summed E-state index contributed by atoms with van der Waals surface area (Å²) in [6.07, 6.45) is -1.24. The Balaban J connectivity index is 1.90. The molecule has 0 N–H and O–H groups in total. The highest BCUT2D eigenvalue weighted by Gasteiger charge is 2.33. The molecular weight excluding hydrogens is 267 g/mol. The standard InChI is InChI=1S/C14H14F3N3/c15-14(16,17)11-6-2-1-5-10(11)9-12-18-13-7-3-4-8-20(13)19-12/h1-2,5-6H,3-4,7-9H2. The lowest BCUT2D eigenvalue weighted by Gasteiger charge is -2.11. The summed E-state index contributed by atoms with van der Waals surface area (Å²) < 4.78 is 40.6. The molecule has 6 heteroatoms. The normalized spacial score (nSPS) is 15.2. The molecule has 0 fully saturated rings. The first-order valence-corrected chi connectivity index (χ1v) is 6.62. The second-order valence-corrected chi connectivity index (χ2v) is 4.96. The molecule has 0 atom stereocenters. The molecule has 1 aliphatic heterocycles. The maximum Gasteiger partial charge on any atom is 0.416 e. The predicted octanol–water partition coefficient (Wildman–Crippen LogP) is 3.22. The number of hydrogen-bond acceptors (Lipinski definition) is 2. The van der Waals surface area contributed by atoms with Crippen molar-refractivity contribution in [2.75, 3.05) is 0 Å². The molecule has 3 rings (SSSR count). The first-order valence-electron chi connectivity index (χ1n) is 6.62. The fraction of sp³-hybridized carbons (Fsp3) is 0.429. The van der Waals surface area contributed by atoms with E-state index in [2.05, 4.69) is 10.1 Å². The van der Waals surface area contributed by atoms with E-state index in [0.29, 0.717) is 5.82 Å². The van der Waals surface area contributed by atoms with Gasteiger partial charge in [-0.1, -0.05) is 18.2 Å². The van der Waals surface area contributed by atoms with E-state index in [4.69, 9.17) is 0 Å². The number of alkyl halides is 3. The Hall–Kier alpha value is -1.85. The molecule has 0 radical (unpaired) electrons. The van der Waals surface area contributed by atoms with E-state index in [1.165, 1.54) is 12.1 Å².